The fourth-order valence-electron chi connectivity index (χ4n) is 2.72. The number of ether oxygens (including phenoxy) is 1. The van der Waals surface area contributed by atoms with Crippen LogP contribution in [0.5, 0.6) is 5.75 Å². The molecule has 98 valence electrons. The summed E-state index contributed by atoms with van der Waals surface area (Å²) in [6.07, 6.45) is 4.77. The number of hydrogen-bond donors (Lipinski definition) is 1. The van der Waals surface area contributed by atoms with Gasteiger partial charge < -0.3 is 10.1 Å². The van der Waals surface area contributed by atoms with Crippen molar-refractivity contribution < 1.29 is 4.74 Å². The predicted molar refractivity (Wildman–Crippen MR) is 75.5 cm³/mol. The van der Waals surface area contributed by atoms with Crippen LogP contribution in [-0.2, 0) is 6.42 Å². The Labute approximate surface area is 113 Å². The number of fused-ring (bicyclic) bond motifs is 1. The van der Waals surface area contributed by atoms with Crippen molar-refractivity contribution in [2.75, 3.05) is 13.7 Å². The van der Waals surface area contributed by atoms with Crippen molar-refractivity contribution in [3.63, 3.8) is 0 Å². The van der Waals surface area contributed by atoms with Crippen LogP contribution in [0.1, 0.15) is 28.3 Å². The van der Waals surface area contributed by atoms with Gasteiger partial charge in [-0.3, -0.25) is 4.98 Å². The Kier molecular flexibility index (Phi) is 3.22. The van der Waals surface area contributed by atoms with Crippen LogP contribution in [0.3, 0.4) is 0 Å². The molecule has 1 unspecified atom stereocenters. The lowest BCUT2D eigenvalue weighted by atomic mass is 9.94. The minimum atomic E-state index is 0.127. The first kappa shape index (κ1) is 12.2. The standard InChI is InChI=1S/C16H18N2O/c1-11-6-8-18-10-14(11)15(17-2)13-5-3-4-12-7-9-19-16(12)13/h3-6,8,10,15,17H,7,9H2,1-2H3. The van der Waals surface area contributed by atoms with Gasteiger partial charge >= 0.3 is 0 Å². The second kappa shape index (κ2) is 5.02. The maximum Gasteiger partial charge on any atom is 0.127 e. The van der Waals surface area contributed by atoms with E-state index in [2.05, 4.69) is 35.4 Å². The highest BCUT2D eigenvalue weighted by Crippen LogP contribution is 2.36. The Hall–Kier alpha value is -1.87. The summed E-state index contributed by atoms with van der Waals surface area (Å²) in [6.45, 7) is 2.90. The minimum absolute atomic E-state index is 0.127. The quantitative estimate of drug-likeness (QED) is 0.914. The van der Waals surface area contributed by atoms with Gasteiger partial charge in [0, 0.05) is 24.4 Å². The van der Waals surface area contributed by atoms with Crippen molar-refractivity contribution in [3.05, 3.63) is 58.9 Å². The molecule has 1 aliphatic heterocycles. The van der Waals surface area contributed by atoms with Gasteiger partial charge in [0.2, 0.25) is 0 Å². The molecular weight excluding hydrogens is 236 g/mol. The van der Waals surface area contributed by atoms with E-state index in [1.165, 1.54) is 22.3 Å². The zero-order valence-corrected chi connectivity index (χ0v) is 11.3. The van der Waals surface area contributed by atoms with E-state index in [1.54, 1.807) is 0 Å². The molecule has 19 heavy (non-hydrogen) atoms. The van der Waals surface area contributed by atoms with Gasteiger partial charge in [0.25, 0.3) is 0 Å². The van der Waals surface area contributed by atoms with Gasteiger partial charge in [0.1, 0.15) is 5.75 Å². The molecule has 1 aliphatic rings. The van der Waals surface area contributed by atoms with E-state index in [1.807, 2.05) is 25.5 Å². The first-order valence-electron chi connectivity index (χ1n) is 6.63. The van der Waals surface area contributed by atoms with Gasteiger partial charge in [-0.2, -0.15) is 0 Å². The third-order valence-electron chi connectivity index (χ3n) is 3.74. The number of nitrogens with zero attached hydrogens (tertiary/aromatic N) is 1. The Balaban J connectivity index is 2.09. The largest absolute Gasteiger partial charge is 0.493 e. The topological polar surface area (TPSA) is 34.2 Å². The Morgan fingerprint density at radius 1 is 1.26 bits per heavy atom. The van der Waals surface area contributed by atoms with E-state index in [0.29, 0.717) is 0 Å². The van der Waals surface area contributed by atoms with Gasteiger partial charge in [0.15, 0.2) is 0 Å². The van der Waals surface area contributed by atoms with Crippen LogP contribution in [0.2, 0.25) is 0 Å². The summed E-state index contributed by atoms with van der Waals surface area (Å²) in [6, 6.07) is 8.57. The average molecular weight is 254 g/mol. The molecule has 2 heterocycles. The Morgan fingerprint density at radius 3 is 2.95 bits per heavy atom. The van der Waals surface area contributed by atoms with E-state index in [0.717, 1.165) is 18.8 Å². The molecule has 0 bridgehead atoms. The summed E-state index contributed by atoms with van der Waals surface area (Å²) in [4.78, 5) is 4.25. The second-order valence-corrected chi connectivity index (χ2v) is 4.89. The monoisotopic (exact) mass is 254 g/mol. The molecule has 1 N–H and O–H groups in total. The zero-order valence-electron chi connectivity index (χ0n) is 11.3. The molecule has 3 rings (SSSR count). The molecule has 0 amide bonds. The molecule has 0 radical (unpaired) electrons. The van der Waals surface area contributed by atoms with E-state index in [-0.39, 0.29) is 6.04 Å². The number of pyridine rings is 1. The van der Waals surface area contributed by atoms with Gasteiger partial charge in [-0.1, -0.05) is 18.2 Å². The number of hydrogen-bond acceptors (Lipinski definition) is 3. The number of para-hydroxylation sites is 1. The molecule has 1 aromatic heterocycles. The predicted octanol–water partition coefficient (Wildman–Crippen LogP) is 2.63. The second-order valence-electron chi connectivity index (χ2n) is 4.89. The van der Waals surface area contributed by atoms with Crippen LogP contribution in [0.25, 0.3) is 0 Å². The van der Waals surface area contributed by atoms with Gasteiger partial charge in [0.05, 0.1) is 12.6 Å². The summed E-state index contributed by atoms with van der Waals surface area (Å²) in [5, 5.41) is 3.39. The third-order valence-corrected chi connectivity index (χ3v) is 3.74. The molecule has 0 spiro atoms. The van der Waals surface area contributed by atoms with Gasteiger partial charge in [-0.15, -0.1) is 0 Å². The highest BCUT2D eigenvalue weighted by atomic mass is 16.5. The third kappa shape index (κ3) is 2.10. The van der Waals surface area contributed by atoms with Crippen molar-refractivity contribution in [1.29, 1.82) is 0 Å². The molecule has 3 nitrogen and oxygen atoms in total. The van der Waals surface area contributed by atoms with E-state index < -0.39 is 0 Å². The highest BCUT2D eigenvalue weighted by molar-refractivity contribution is 5.49. The van der Waals surface area contributed by atoms with Crippen LogP contribution < -0.4 is 10.1 Å². The van der Waals surface area contributed by atoms with Gasteiger partial charge in [-0.25, -0.2) is 0 Å². The fraction of sp³-hybridized carbons (Fsp3) is 0.312. The smallest absolute Gasteiger partial charge is 0.127 e. The highest BCUT2D eigenvalue weighted by Gasteiger charge is 2.23. The first-order chi connectivity index (χ1) is 9.31. The lowest BCUT2D eigenvalue weighted by Crippen LogP contribution is -2.19. The van der Waals surface area contributed by atoms with Crippen LogP contribution >= 0.6 is 0 Å². The molecular formula is C16H18N2O. The lowest BCUT2D eigenvalue weighted by molar-refractivity contribution is 0.351. The van der Waals surface area contributed by atoms with Crippen molar-refractivity contribution in [2.45, 2.75) is 19.4 Å². The number of aromatic nitrogens is 1. The van der Waals surface area contributed by atoms with E-state index >= 15 is 0 Å². The van der Waals surface area contributed by atoms with Crippen LogP contribution in [-0.4, -0.2) is 18.6 Å². The molecule has 2 aromatic rings. The summed E-state index contributed by atoms with van der Waals surface area (Å²) in [5.41, 5.74) is 4.95. The lowest BCUT2D eigenvalue weighted by Gasteiger charge is -2.21. The SMILES string of the molecule is CNC(c1cnccc1C)c1cccc2c1OCC2. The molecule has 0 aliphatic carbocycles. The van der Waals surface area contributed by atoms with Crippen molar-refractivity contribution in [2.24, 2.45) is 0 Å². The summed E-state index contributed by atoms with van der Waals surface area (Å²) < 4.78 is 5.81. The number of benzene rings is 1. The minimum Gasteiger partial charge on any atom is -0.493 e. The van der Waals surface area contributed by atoms with Crippen LogP contribution in [0.15, 0.2) is 36.7 Å². The normalized spacial score (nSPS) is 14.8. The summed E-state index contributed by atoms with van der Waals surface area (Å²) in [7, 11) is 1.98. The van der Waals surface area contributed by atoms with Crippen molar-refractivity contribution >= 4 is 0 Å². The summed E-state index contributed by atoms with van der Waals surface area (Å²) in [5.74, 6) is 1.05. The molecule has 3 heteroatoms. The molecule has 1 aromatic carbocycles. The maximum atomic E-state index is 5.81. The molecule has 0 fully saturated rings. The van der Waals surface area contributed by atoms with Crippen LogP contribution in [0, 0.1) is 6.92 Å². The maximum absolute atomic E-state index is 5.81. The molecule has 1 atom stereocenters. The van der Waals surface area contributed by atoms with E-state index in [4.69, 9.17) is 4.74 Å². The van der Waals surface area contributed by atoms with Crippen molar-refractivity contribution in [3.8, 4) is 5.75 Å². The first-order valence-corrected chi connectivity index (χ1v) is 6.63. The van der Waals surface area contributed by atoms with Crippen LogP contribution in [0.4, 0.5) is 0 Å². The molecule has 0 saturated heterocycles. The Morgan fingerprint density at radius 2 is 2.16 bits per heavy atom. The molecule has 0 saturated carbocycles. The number of rotatable bonds is 3. The average Bonchev–Trinajstić information content (AvgIpc) is 2.91. The number of aryl methyl sites for hydroxylation is 1. The zero-order chi connectivity index (χ0) is 13.2. The van der Waals surface area contributed by atoms with E-state index in [9.17, 15) is 0 Å². The van der Waals surface area contributed by atoms with Crippen molar-refractivity contribution in [1.82, 2.24) is 10.3 Å². The summed E-state index contributed by atoms with van der Waals surface area (Å²) >= 11 is 0. The number of nitrogens with one attached hydrogen (secondary N) is 1. The van der Waals surface area contributed by atoms with Gasteiger partial charge in [-0.05, 0) is 36.7 Å². The fourth-order valence-corrected chi connectivity index (χ4v) is 2.72. The Bertz CT molecular complexity index is 595.